The van der Waals surface area contributed by atoms with Crippen LogP contribution >= 0.6 is 0 Å². The molecule has 1 unspecified atom stereocenters. The summed E-state index contributed by atoms with van der Waals surface area (Å²) in [5.41, 5.74) is 0. The number of nitrogens with one attached hydrogen (secondary N) is 1. The normalized spacial score (nSPS) is 13.7. The third-order valence-corrected chi connectivity index (χ3v) is 2.99. The molecule has 1 N–H and O–H groups in total. The molecule has 4 heteroatoms. The van der Waals surface area contributed by atoms with Crippen molar-refractivity contribution in [3.63, 3.8) is 0 Å². The summed E-state index contributed by atoms with van der Waals surface area (Å²) in [4.78, 5) is 6.56. The first-order valence-electron chi connectivity index (χ1n) is 5.85. The van der Waals surface area contributed by atoms with E-state index in [0.29, 0.717) is 12.0 Å². The molecule has 0 aliphatic rings. The van der Waals surface area contributed by atoms with Gasteiger partial charge in [-0.25, -0.2) is 4.98 Å². The van der Waals surface area contributed by atoms with Gasteiger partial charge < -0.3 is 14.8 Å². The maximum Gasteiger partial charge on any atom is 0.122 e. The van der Waals surface area contributed by atoms with Gasteiger partial charge in [-0.15, -0.1) is 0 Å². The van der Waals surface area contributed by atoms with Gasteiger partial charge in [-0.05, 0) is 20.0 Å². The third kappa shape index (κ3) is 3.61. The van der Waals surface area contributed by atoms with Crippen molar-refractivity contribution in [1.29, 1.82) is 0 Å². The average molecular weight is 224 g/mol. The van der Waals surface area contributed by atoms with Crippen LogP contribution in [0.15, 0.2) is 12.4 Å². The van der Waals surface area contributed by atoms with Crippen LogP contribution in [0.25, 0.3) is 0 Å². The molecule has 0 aromatic carbocycles. The van der Waals surface area contributed by atoms with Crippen molar-refractivity contribution in [2.45, 2.75) is 26.4 Å². The molecule has 0 saturated heterocycles. The Morgan fingerprint density at radius 1 is 1.44 bits per heavy atom. The van der Waals surface area contributed by atoms with E-state index in [4.69, 9.17) is 0 Å². The number of hydrogen-bond acceptors (Lipinski definition) is 3. The van der Waals surface area contributed by atoms with E-state index in [9.17, 15) is 0 Å². The van der Waals surface area contributed by atoms with E-state index >= 15 is 0 Å². The summed E-state index contributed by atoms with van der Waals surface area (Å²) in [6.45, 7) is 6.35. The van der Waals surface area contributed by atoms with Crippen molar-refractivity contribution in [3.8, 4) is 0 Å². The SMILES string of the molecule is CC(C)C(CNCc1nccn1C)N(C)C. The van der Waals surface area contributed by atoms with Crippen LogP contribution in [-0.2, 0) is 13.6 Å². The van der Waals surface area contributed by atoms with E-state index in [1.165, 1.54) is 0 Å². The van der Waals surface area contributed by atoms with E-state index in [2.05, 4.69) is 43.1 Å². The fourth-order valence-electron chi connectivity index (χ4n) is 1.91. The van der Waals surface area contributed by atoms with Gasteiger partial charge in [-0.2, -0.15) is 0 Å². The number of aryl methyl sites for hydroxylation is 1. The van der Waals surface area contributed by atoms with Crippen molar-refractivity contribution in [2.24, 2.45) is 13.0 Å². The zero-order valence-electron chi connectivity index (χ0n) is 11.1. The lowest BCUT2D eigenvalue weighted by Crippen LogP contribution is -2.41. The fraction of sp³-hybridized carbons (Fsp3) is 0.750. The topological polar surface area (TPSA) is 33.1 Å². The highest BCUT2D eigenvalue weighted by Crippen LogP contribution is 2.06. The molecule has 0 bridgehead atoms. The standard InChI is InChI=1S/C12H24N4/c1-10(2)11(15(3)4)8-13-9-12-14-6-7-16(12)5/h6-7,10-11,13H,8-9H2,1-5H3. The maximum atomic E-state index is 4.29. The molecule has 1 atom stereocenters. The van der Waals surface area contributed by atoms with E-state index in [1.54, 1.807) is 0 Å². The first-order chi connectivity index (χ1) is 7.52. The van der Waals surface area contributed by atoms with E-state index < -0.39 is 0 Å². The maximum absolute atomic E-state index is 4.29. The van der Waals surface area contributed by atoms with Crippen molar-refractivity contribution in [3.05, 3.63) is 18.2 Å². The van der Waals surface area contributed by atoms with Gasteiger partial charge in [0.05, 0.1) is 6.54 Å². The molecule has 0 amide bonds. The number of nitrogens with zero attached hydrogens (tertiary/aromatic N) is 3. The van der Waals surface area contributed by atoms with Crippen molar-refractivity contribution < 1.29 is 0 Å². The Bertz CT molecular complexity index is 296. The average Bonchev–Trinajstić information content (AvgIpc) is 2.57. The van der Waals surface area contributed by atoms with E-state index in [1.807, 2.05) is 24.0 Å². The summed E-state index contributed by atoms with van der Waals surface area (Å²) in [5, 5.41) is 3.47. The lowest BCUT2D eigenvalue weighted by Gasteiger charge is -2.28. The minimum atomic E-state index is 0.570. The first-order valence-corrected chi connectivity index (χ1v) is 5.85. The van der Waals surface area contributed by atoms with Crippen LogP contribution in [0.1, 0.15) is 19.7 Å². The quantitative estimate of drug-likeness (QED) is 0.785. The molecule has 0 spiro atoms. The van der Waals surface area contributed by atoms with Crippen molar-refractivity contribution >= 4 is 0 Å². The zero-order chi connectivity index (χ0) is 12.1. The smallest absolute Gasteiger partial charge is 0.122 e. The molecule has 0 fully saturated rings. The number of imidazole rings is 1. The molecule has 1 rings (SSSR count). The summed E-state index contributed by atoms with van der Waals surface area (Å²) in [5.74, 6) is 1.74. The lowest BCUT2D eigenvalue weighted by molar-refractivity contribution is 0.223. The number of likely N-dealkylation sites (N-methyl/N-ethyl adjacent to an activating group) is 1. The van der Waals surface area contributed by atoms with Gasteiger partial charge in [0.15, 0.2) is 0 Å². The minimum absolute atomic E-state index is 0.570. The van der Waals surface area contributed by atoms with Crippen LogP contribution in [0, 0.1) is 5.92 Å². The monoisotopic (exact) mass is 224 g/mol. The van der Waals surface area contributed by atoms with Gasteiger partial charge >= 0.3 is 0 Å². The molecular formula is C12H24N4. The van der Waals surface area contributed by atoms with Gasteiger partial charge in [0.25, 0.3) is 0 Å². The molecule has 1 heterocycles. The highest BCUT2D eigenvalue weighted by Gasteiger charge is 2.14. The summed E-state index contributed by atoms with van der Waals surface area (Å²) < 4.78 is 2.05. The predicted octanol–water partition coefficient (Wildman–Crippen LogP) is 1.10. The number of rotatable bonds is 6. The van der Waals surface area contributed by atoms with Crippen LogP contribution < -0.4 is 5.32 Å². The van der Waals surface area contributed by atoms with E-state index in [0.717, 1.165) is 18.9 Å². The first kappa shape index (κ1) is 13.2. The molecule has 0 radical (unpaired) electrons. The Labute approximate surface area is 98.7 Å². The van der Waals surface area contributed by atoms with Crippen LogP contribution in [0.5, 0.6) is 0 Å². The Balaban J connectivity index is 2.37. The molecule has 0 saturated carbocycles. The summed E-state index contributed by atoms with van der Waals surface area (Å²) in [7, 11) is 6.29. The zero-order valence-corrected chi connectivity index (χ0v) is 11.1. The Kier molecular flexibility index (Phi) is 4.96. The second kappa shape index (κ2) is 6.01. The number of aromatic nitrogens is 2. The summed E-state index contributed by atoms with van der Waals surface area (Å²) in [6, 6.07) is 0.570. The molecule has 0 aliphatic carbocycles. The molecule has 0 aliphatic heterocycles. The van der Waals surface area contributed by atoms with Crippen LogP contribution in [-0.4, -0.2) is 41.1 Å². The second-order valence-electron chi connectivity index (χ2n) is 4.86. The van der Waals surface area contributed by atoms with Gasteiger partial charge in [-0.3, -0.25) is 0 Å². The van der Waals surface area contributed by atoms with Crippen LogP contribution in [0.4, 0.5) is 0 Å². The molecule has 92 valence electrons. The highest BCUT2D eigenvalue weighted by molar-refractivity contribution is 4.90. The third-order valence-electron chi connectivity index (χ3n) is 2.99. The lowest BCUT2D eigenvalue weighted by atomic mass is 10.0. The van der Waals surface area contributed by atoms with Crippen LogP contribution in [0.2, 0.25) is 0 Å². The van der Waals surface area contributed by atoms with Gasteiger partial charge in [0.1, 0.15) is 5.82 Å². The molecule has 1 aromatic heterocycles. The van der Waals surface area contributed by atoms with Crippen molar-refractivity contribution in [2.75, 3.05) is 20.6 Å². The van der Waals surface area contributed by atoms with E-state index in [-0.39, 0.29) is 0 Å². The van der Waals surface area contributed by atoms with Gasteiger partial charge in [-0.1, -0.05) is 13.8 Å². The predicted molar refractivity (Wildman–Crippen MR) is 67.2 cm³/mol. The van der Waals surface area contributed by atoms with Crippen molar-refractivity contribution in [1.82, 2.24) is 19.8 Å². The van der Waals surface area contributed by atoms with Gasteiger partial charge in [0.2, 0.25) is 0 Å². The molecule has 1 aromatic rings. The molecular weight excluding hydrogens is 200 g/mol. The largest absolute Gasteiger partial charge is 0.337 e. The van der Waals surface area contributed by atoms with Crippen LogP contribution in [0.3, 0.4) is 0 Å². The fourth-order valence-corrected chi connectivity index (χ4v) is 1.91. The second-order valence-corrected chi connectivity index (χ2v) is 4.86. The Hall–Kier alpha value is -0.870. The highest BCUT2D eigenvalue weighted by atomic mass is 15.1. The number of hydrogen-bond donors (Lipinski definition) is 1. The minimum Gasteiger partial charge on any atom is -0.337 e. The molecule has 16 heavy (non-hydrogen) atoms. The van der Waals surface area contributed by atoms with Gasteiger partial charge in [0, 0.05) is 32.0 Å². The molecule has 4 nitrogen and oxygen atoms in total. The Morgan fingerprint density at radius 2 is 2.12 bits per heavy atom. The summed E-state index contributed by atoms with van der Waals surface area (Å²) >= 11 is 0. The summed E-state index contributed by atoms with van der Waals surface area (Å²) in [6.07, 6.45) is 3.81. The Morgan fingerprint density at radius 3 is 2.56 bits per heavy atom.